The first-order valence-corrected chi connectivity index (χ1v) is 18.1. The Morgan fingerprint density at radius 1 is 1.17 bits per heavy atom. The molecule has 2 heterocycles. The minimum absolute atomic E-state index is 0.103. The maximum atomic E-state index is 13.6. The third-order valence-electron chi connectivity index (χ3n) is 9.22. The summed E-state index contributed by atoms with van der Waals surface area (Å²) in [6.45, 7) is 13.1. The molecule has 8 atom stereocenters. The first-order valence-electron chi connectivity index (χ1n) is 12.2. The Morgan fingerprint density at radius 3 is 2.43 bits per heavy atom. The van der Waals surface area contributed by atoms with Crippen molar-refractivity contribution in [2.45, 2.75) is 75.3 Å². The minimum Gasteiger partial charge on any atom is -0.408 e. The van der Waals surface area contributed by atoms with Crippen LogP contribution in [0.15, 0.2) is 38.5 Å². The zero-order valence-electron chi connectivity index (χ0n) is 21.2. The fraction of sp³-hybridized carbons (Fsp3) is 0.680. The predicted octanol–water partition coefficient (Wildman–Crippen LogP) is 4.75. The molecule has 1 aromatic rings. The van der Waals surface area contributed by atoms with Crippen molar-refractivity contribution in [2.75, 3.05) is 13.7 Å². The number of benzene rings is 1. The first kappa shape index (κ1) is 24.8. The molecule has 0 aromatic heterocycles. The number of hydrogen-bond donors (Lipinski definition) is 0. The molecule has 4 bridgehead atoms. The van der Waals surface area contributed by atoms with Gasteiger partial charge in [-0.3, -0.25) is 0 Å². The van der Waals surface area contributed by atoms with E-state index in [4.69, 9.17) is 22.8 Å². The molecule has 0 amide bonds. The quantitative estimate of drug-likeness (QED) is 0.194. The summed E-state index contributed by atoms with van der Waals surface area (Å²) in [6.07, 6.45) is 0.563. The lowest BCUT2D eigenvalue weighted by Gasteiger charge is -2.66. The summed E-state index contributed by atoms with van der Waals surface area (Å²) in [4.78, 5) is 0.131. The smallest absolute Gasteiger partial charge is 0.338 e. The van der Waals surface area contributed by atoms with Crippen LogP contribution in [-0.2, 0) is 32.9 Å². The highest BCUT2D eigenvalue weighted by atomic mass is 127. The number of halogens is 1. The third kappa shape index (κ3) is 2.67. The van der Waals surface area contributed by atoms with Gasteiger partial charge >= 0.3 is 10.1 Å². The average molecular weight is 633 g/mol. The summed E-state index contributed by atoms with van der Waals surface area (Å²) >= 11 is 2.32. The second kappa shape index (κ2) is 7.12. The SMILES string of the molecule is COC12OCC3C1(C)C(OS(=O)(=O)c1ccc(C)cc1)=C(I)C1(C(C)CC4OC431)C2O[Si](C)(C)C. The van der Waals surface area contributed by atoms with Gasteiger partial charge in [0, 0.05) is 16.6 Å². The molecule has 4 aliphatic carbocycles. The van der Waals surface area contributed by atoms with E-state index in [1.807, 2.05) is 13.8 Å². The van der Waals surface area contributed by atoms with Crippen LogP contribution in [0, 0.1) is 29.6 Å². The van der Waals surface area contributed by atoms with Crippen molar-refractivity contribution < 1.29 is 31.2 Å². The first-order chi connectivity index (χ1) is 16.2. The van der Waals surface area contributed by atoms with Crippen LogP contribution in [0.5, 0.6) is 0 Å². The third-order valence-corrected chi connectivity index (χ3v) is 12.8. The lowest BCUT2D eigenvalue weighted by molar-refractivity contribution is -0.333. The van der Waals surface area contributed by atoms with Gasteiger partial charge in [0.25, 0.3) is 0 Å². The van der Waals surface area contributed by atoms with Gasteiger partial charge in [-0.1, -0.05) is 24.6 Å². The van der Waals surface area contributed by atoms with Gasteiger partial charge < -0.3 is 22.8 Å². The number of rotatable bonds is 6. The van der Waals surface area contributed by atoms with Gasteiger partial charge in [0.2, 0.25) is 5.79 Å². The summed E-state index contributed by atoms with van der Waals surface area (Å²) in [5.74, 6) is -0.676. The molecule has 2 saturated carbocycles. The van der Waals surface area contributed by atoms with Crippen LogP contribution in [0.3, 0.4) is 0 Å². The zero-order chi connectivity index (χ0) is 25.4. The summed E-state index contributed by atoms with van der Waals surface area (Å²) < 4.78 is 60.6. The minimum atomic E-state index is -4.08. The van der Waals surface area contributed by atoms with Crippen LogP contribution in [0.1, 0.15) is 25.8 Å². The predicted molar refractivity (Wildman–Crippen MR) is 140 cm³/mol. The maximum absolute atomic E-state index is 13.6. The molecule has 4 fully saturated rings. The second-order valence-electron chi connectivity index (χ2n) is 11.9. The summed E-state index contributed by atoms with van der Waals surface area (Å²) in [7, 11) is -4.52. The van der Waals surface area contributed by atoms with E-state index in [9.17, 15) is 8.42 Å². The lowest BCUT2D eigenvalue weighted by atomic mass is 9.44. The van der Waals surface area contributed by atoms with E-state index in [1.165, 1.54) is 0 Å². The highest BCUT2D eigenvalue weighted by molar-refractivity contribution is 14.1. The van der Waals surface area contributed by atoms with E-state index < -0.39 is 46.8 Å². The van der Waals surface area contributed by atoms with E-state index >= 15 is 0 Å². The van der Waals surface area contributed by atoms with Crippen LogP contribution >= 0.6 is 22.6 Å². The Kier molecular flexibility index (Phi) is 5.05. The standard InChI is InChI=1S/C25H33IO7SSi/c1-14-8-10-16(11-9-14)34(27,28)32-20-19(26)23-15(2)12-18-24(23,31-18)17-13-30-25(29-4,22(17,20)3)21(23)33-35(5,6)7/h8-11,15,17-18,21H,12-13H2,1-7H3. The summed E-state index contributed by atoms with van der Waals surface area (Å²) in [5.41, 5.74) is -0.983. The van der Waals surface area contributed by atoms with Crippen molar-refractivity contribution in [1.29, 1.82) is 0 Å². The molecule has 35 heavy (non-hydrogen) atoms. The van der Waals surface area contributed by atoms with Gasteiger partial charge in [0.05, 0.1) is 23.5 Å². The lowest BCUT2D eigenvalue weighted by Crippen LogP contribution is -2.77. The molecule has 2 saturated heterocycles. The van der Waals surface area contributed by atoms with E-state index in [0.717, 1.165) is 15.6 Å². The van der Waals surface area contributed by atoms with Crippen molar-refractivity contribution in [2.24, 2.45) is 22.7 Å². The molecule has 7 nitrogen and oxygen atoms in total. The molecule has 1 aromatic carbocycles. The van der Waals surface area contributed by atoms with Crippen LogP contribution < -0.4 is 0 Å². The molecular weight excluding hydrogens is 599 g/mol. The Bertz CT molecular complexity index is 1240. The summed E-state index contributed by atoms with van der Waals surface area (Å²) in [6, 6.07) is 6.74. The highest BCUT2D eigenvalue weighted by Gasteiger charge is 2.96. The van der Waals surface area contributed by atoms with E-state index in [0.29, 0.717) is 12.4 Å². The largest absolute Gasteiger partial charge is 0.408 e. The monoisotopic (exact) mass is 632 g/mol. The van der Waals surface area contributed by atoms with Crippen molar-refractivity contribution in [3.63, 3.8) is 0 Å². The van der Waals surface area contributed by atoms with E-state index in [-0.39, 0.29) is 22.8 Å². The molecule has 0 N–H and O–H groups in total. The van der Waals surface area contributed by atoms with Crippen LogP contribution in [-0.4, -0.2) is 54.0 Å². The summed E-state index contributed by atoms with van der Waals surface area (Å²) in [5, 5.41) is 0. The molecule has 6 aliphatic rings. The number of epoxide rings is 1. The van der Waals surface area contributed by atoms with Gasteiger partial charge in [-0.2, -0.15) is 8.42 Å². The normalized spacial score (nSPS) is 45.5. The van der Waals surface area contributed by atoms with Gasteiger partial charge in [-0.15, -0.1) is 0 Å². The molecular formula is C25H33IO7SSi. The van der Waals surface area contributed by atoms with Crippen molar-refractivity contribution >= 4 is 41.0 Å². The number of methoxy groups -OCH3 is 1. The Morgan fingerprint density at radius 2 is 1.83 bits per heavy atom. The molecule has 192 valence electrons. The Labute approximate surface area is 222 Å². The van der Waals surface area contributed by atoms with Crippen LogP contribution in [0.4, 0.5) is 0 Å². The highest BCUT2D eigenvalue weighted by Crippen LogP contribution is 2.86. The topological polar surface area (TPSA) is 83.6 Å². The van der Waals surface area contributed by atoms with E-state index in [2.05, 4.69) is 49.2 Å². The van der Waals surface area contributed by atoms with Gasteiger partial charge in [-0.05, 0) is 80.6 Å². The number of hydrogen-bond acceptors (Lipinski definition) is 7. The van der Waals surface area contributed by atoms with Gasteiger partial charge in [0.15, 0.2) is 8.32 Å². The molecule has 10 heteroatoms. The number of aryl methyl sites for hydroxylation is 1. The molecule has 8 unspecified atom stereocenters. The van der Waals surface area contributed by atoms with Crippen LogP contribution in [0.2, 0.25) is 19.6 Å². The molecule has 7 rings (SSSR count). The molecule has 2 aliphatic heterocycles. The van der Waals surface area contributed by atoms with Crippen molar-refractivity contribution in [3.05, 3.63) is 39.2 Å². The average Bonchev–Trinajstić information content (AvgIpc) is 3.29. The number of ether oxygens (including phenoxy) is 3. The van der Waals surface area contributed by atoms with E-state index in [1.54, 1.807) is 31.4 Å². The van der Waals surface area contributed by atoms with Gasteiger partial charge in [-0.25, -0.2) is 0 Å². The van der Waals surface area contributed by atoms with Crippen molar-refractivity contribution in [3.8, 4) is 0 Å². The van der Waals surface area contributed by atoms with Crippen molar-refractivity contribution in [1.82, 2.24) is 0 Å². The maximum Gasteiger partial charge on any atom is 0.338 e. The fourth-order valence-electron chi connectivity index (χ4n) is 7.83. The zero-order valence-corrected chi connectivity index (χ0v) is 25.2. The second-order valence-corrected chi connectivity index (χ2v) is 19.0. The Hall–Kier alpha value is -0.503. The fourth-order valence-corrected chi connectivity index (χ4v) is 12.0. The molecule has 2 spiro atoms. The van der Waals surface area contributed by atoms with Gasteiger partial charge in [0.1, 0.15) is 22.4 Å². The molecule has 0 radical (unpaired) electrons. The Balaban J connectivity index is 1.60. The van der Waals surface area contributed by atoms with Crippen LogP contribution in [0.25, 0.3) is 0 Å².